The van der Waals surface area contributed by atoms with Crippen molar-refractivity contribution in [2.75, 3.05) is 10.6 Å². The molecule has 9 heteroatoms. The molecule has 3 aromatic rings. The number of rotatable bonds is 6. The summed E-state index contributed by atoms with van der Waals surface area (Å²) < 4.78 is 6.34. The fourth-order valence-corrected chi connectivity index (χ4v) is 3.28. The Kier molecular flexibility index (Phi) is 8.01. The predicted octanol–water partition coefficient (Wildman–Crippen LogP) is 4.46. The summed E-state index contributed by atoms with van der Waals surface area (Å²) in [6.07, 6.45) is 1.30. The van der Waals surface area contributed by atoms with E-state index in [1.807, 2.05) is 32.0 Å². The van der Waals surface area contributed by atoms with Crippen LogP contribution in [0.2, 0.25) is 0 Å². The van der Waals surface area contributed by atoms with E-state index in [-0.39, 0.29) is 17.9 Å². The predicted molar refractivity (Wildman–Crippen MR) is 131 cm³/mol. The Balaban J connectivity index is 1.57. The molecule has 0 fully saturated rings. The van der Waals surface area contributed by atoms with Crippen LogP contribution >= 0.6 is 15.9 Å². The summed E-state index contributed by atoms with van der Waals surface area (Å²) in [7, 11) is 0. The Bertz CT molecular complexity index is 1320. The lowest BCUT2D eigenvalue weighted by molar-refractivity contribution is -0.136. The van der Waals surface area contributed by atoms with Gasteiger partial charge in [0.25, 0.3) is 5.91 Å². The topological polar surface area (TPSA) is 124 Å². The van der Waals surface area contributed by atoms with Crippen molar-refractivity contribution in [2.45, 2.75) is 20.4 Å². The second-order valence-electron chi connectivity index (χ2n) is 7.37. The molecule has 0 saturated heterocycles. The number of benzene rings is 2. The number of carbonyl (C=O) groups is 3. The molecule has 172 valence electrons. The molecule has 0 saturated carbocycles. The van der Waals surface area contributed by atoms with Crippen LogP contribution in [0.1, 0.15) is 22.6 Å². The third-order valence-corrected chi connectivity index (χ3v) is 5.30. The highest BCUT2D eigenvalue weighted by Gasteiger charge is 2.15. The minimum Gasteiger partial charge on any atom is -0.460 e. The lowest BCUT2D eigenvalue weighted by Crippen LogP contribution is -2.34. The van der Waals surface area contributed by atoms with Gasteiger partial charge in [-0.1, -0.05) is 28.1 Å². The van der Waals surface area contributed by atoms with Crippen LogP contribution in [0.4, 0.5) is 11.4 Å². The van der Waals surface area contributed by atoms with Crippen molar-refractivity contribution in [1.29, 1.82) is 5.26 Å². The summed E-state index contributed by atoms with van der Waals surface area (Å²) in [4.78, 5) is 36.6. The van der Waals surface area contributed by atoms with Crippen LogP contribution in [0.15, 0.2) is 69.1 Å². The zero-order valence-electron chi connectivity index (χ0n) is 18.4. The number of hydrogen-bond acceptors (Lipinski definition) is 5. The second kappa shape index (κ2) is 11.1. The Labute approximate surface area is 204 Å². The molecule has 0 unspecified atom stereocenters. The molecule has 3 N–H and O–H groups in total. The van der Waals surface area contributed by atoms with Gasteiger partial charge in [0.1, 0.15) is 23.2 Å². The number of amides is 3. The van der Waals surface area contributed by atoms with Crippen molar-refractivity contribution in [3.63, 3.8) is 0 Å². The van der Waals surface area contributed by atoms with Crippen LogP contribution in [-0.4, -0.2) is 17.7 Å². The number of halogens is 1. The van der Waals surface area contributed by atoms with Gasteiger partial charge in [0.05, 0.1) is 6.54 Å². The molecule has 0 radical (unpaired) electrons. The summed E-state index contributed by atoms with van der Waals surface area (Å²) in [5.74, 6) is -1.60. The minimum atomic E-state index is -0.821. The molecule has 8 nitrogen and oxygen atoms in total. The average Bonchev–Trinajstić information content (AvgIpc) is 3.25. The normalized spacial score (nSPS) is 10.8. The minimum absolute atomic E-state index is 0.0425. The van der Waals surface area contributed by atoms with E-state index >= 15 is 0 Å². The Morgan fingerprint density at radius 1 is 0.941 bits per heavy atom. The van der Waals surface area contributed by atoms with E-state index in [2.05, 4.69) is 31.9 Å². The average molecular weight is 521 g/mol. The molecule has 0 aliphatic rings. The molecule has 34 heavy (non-hydrogen) atoms. The summed E-state index contributed by atoms with van der Waals surface area (Å²) in [6.45, 7) is 3.82. The third-order valence-electron chi connectivity index (χ3n) is 4.81. The molecule has 0 aliphatic heterocycles. The zero-order chi connectivity index (χ0) is 24.7. The summed E-state index contributed by atoms with van der Waals surface area (Å²) >= 11 is 3.32. The number of hydrogen-bond donors (Lipinski definition) is 3. The maximum Gasteiger partial charge on any atom is 0.313 e. The van der Waals surface area contributed by atoms with Crippen LogP contribution in [0.25, 0.3) is 6.08 Å². The molecule has 3 rings (SSSR count). The van der Waals surface area contributed by atoms with Gasteiger partial charge < -0.3 is 20.4 Å². The van der Waals surface area contributed by atoms with Crippen molar-refractivity contribution in [2.24, 2.45) is 0 Å². The van der Waals surface area contributed by atoms with Gasteiger partial charge in [-0.3, -0.25) is 14.4 Å². The Morgan fingerprint density at radius 2 is 1.68 bits per heavy atom. The maximum absolute atomic E-state index is 12.4. The van der Waals surface area contributed by atoms with Crippen molar-refractivity contribution in [1.82, 2.24) is 5.32 Å². The fourth-order valence-electron chi connectivity index (χ4n) is 2.88. The van der Waals surface area contributed by atoms with Crippen molar-refractivity contribution < 1.29 is 18.8 Å². The van der Waals surface area contributed by atoms with E-state index in [1.165, 1.54) is 6.08 Å². The van der Waals surface area contributed by atoms with E-state index in [9.17, 15) is 19.6 Å². The van der Waals surface area contributed by atoms with Gasteiger partial charge in [0.15, 0.2) is 0 Å². The summed E-state index contributed by atoms with van der Waals surface area (Å²) in [5.41, 5.74) is 2.98. The van der Waals surface area contributed by atoms with Gasteiger partial charge in [-0.05, 0) is 67.4 Å². The highest BCUT2D eigenvalue weighted by atomic mass is 79.9. The van der Waals surface area contributed by atoms with Gasteiger partial charge in [-0.15, -0.1) is 0 Å². The van der Waals surface area contributed by atoms with Gasteiger partial charge in [0, 0.05) is 21.9 Å². The molecule has 1 heterocycles. The van der Waals surface area contributed by atoms with E-state index in [1.54, 1.807) is 42.5 Å². The smallest absolute Gasteiger partial charge is 0.313 e. The fraction of sp³-hybridized carbons (Fsp3) is 0.120. The first-order valence-electron chi connectivity index (χ1n) is 10.2. The first-order valence-corrected chi connectivity index (χ1v) is 11.0. The van der Waals surface area contributed by atoms with Crippen molar-refractivity contribution in [3.05, 3.63) is 87.3 Å². The lowest BCUT2D eigenvalue weighted by atomic mass is 10.1. The Hall–Kier alpha value is -4.16. The molecule has 1 aromatic heterocycles. The number of aryl methyl sites for hydroxylation is 2. The number of anilines is 2. The highest BCUT2D eigenvalue weighted by molar-refractivity contribution is 9.10. The number of nitrogens with zero attached hydrogens (tertiary/aromatic N) is 1. The van der Waals surface area contributed by atoms with Crippen molar-refractivity contribution >= 4 is 51.1 Å². The zero-order valence-corrected chi connectivity index (χ0v) is 20.0. The monoisotopic (exact) mass is 520 g/mol. The summed E-state index contributed by atoms with van der Waals surface area (Å²) in [6, 6.07) is 17.3. The van der Waals surface area contributed by atoms with Crippen LogP contribution in [-0.2, 0) is 20.9 Å². The van der Waals surface area contributed by atoms with Crippen LogP contribution in [0.3, 0.4) is 0 Å². The van der Waals surface area contributed by atoms with Gasteiger partial charge in [-0.25, -0.2) is 0 Å². The van der Waals surface area contributed by atoms with E-state index in [0.29, 0.717) is 17.1 Å². The number of carbonyl (C=O) groups excluding carboxylic acids is 3. The number of nitriles is 1. The molecule has 0 bridgehead atoms. The van der Waals surface area contributed by atoms with Gasteiger partial charge >= 0.3 is 11.8 Å². The van der Waals surface area contributed by atoms with Crippen molar-refractivity contribution in [3.8, 4) is 6.07 Å². The van der Waals surface area contributed by atoms with Crippen LogP contribution in [0, 0.1) is 25.2 Å². The lowest BCUT2D eigenvalue weighted by Gasteiger charge is -2.07. The molecule has 0 spiro atoms. The first-order chi connectivity index (χ1) is 16.2. The Morgan fingerprint density at radius 3 is 2.38 bits per heavy atom. The van der Waals surface area contributed by atoms with Crippen LogP contribution < -0.4 is 16.0 Å². The standard InChI is InChI=1S/C25H21BrN4O4/c1-15-6-7-20(10-16(15)2)30-25(33)24(32)28-14-22-9-8-21(34-22)11-17(13-27)23(31)29-19-5-3-4-18(26)12-19/h3-12H,14H2,1-2H3,(H,28,32)(H,29,31)(H,30,33)/b17-11-. The maximum atomic E-state index is 12.4. The molecular weight excluding hydrogens is 500 g/mol. The second-order valence-corrected chi connectivity index (χ2v) is 8.29. The first kappa shape index (κ1) is 24.5. The number of furan rings is 1. The molecule has 2 aromatic carbocycles. The van der Waals surface area contributed by atoms with Gasteiger partial charge in [0.2, 0.25) is 0 Å². The molecule has 3 amide bonds. The summed E-state index contributed by atoms with van der Waals surface area (Å²) in [5, 5.41) is 17.0. The highest BCUT2D eigenvalue weighted by Crippen LogP contribution is 2.18. The van der Waals surface area contributed by atoms with E-state index in [4.69, 9.17) is 4.42 Å². The molecule has 0 aliphatic carbocycles. The largest absolute Gasteiger partial charge is 0.460 e. The number of nitrogens with one attached hydrogen (secondary N) is 3. The molecular formula is C25H21BrN4O4. The van der Waals surface area contributed by atoms with E-state index in [0.717, 1.165) is 15.6 Å². The molecule has 0 atom stereocenters. The van der Waals surface area contributed by atoms with E-state index < -0.39 is 17.7 Å². The van der Waals surface area contributed by atoms with Crippen LogP contribution in [0.5, 0.6) is 0 Å². The third kappa shape index (κ3) is 6.67. The SMILES string of the molecule is Cc1ccc(NC(=O)C(=O)NCc2ccc(/C=C(/C#N)C(=O)Nc3cccc(Br)c3)o2)cc1C. The van der Waals surface area contributed by atoms with Gasteiger partial charge in [-0.2, -0.15) is 5.26 Å². The quantitative estimate of drug-likeness (QED) is 0.251.